The molecule has 0 aliphatic heterocycles. The number of halogens is 3. The lowest BCUT2D eigenvalue weighted by atomic mass is 10.5. The fourth-order valence-corrected chi connectivity index (χ4v) is 1.52. The van der Waals surface area contributed by atoms with Gasteiger partial charge in [0.15, 0.2) is 0 Å². The summed E-state index contributed by atoms with van der Waals surface area (Å²) in [6.07, 6.45) is -6.03. The summed E-state index contributed by atoms with van der Waals surface area (Å²) in [4.78, 5) is 8.59. The largest absolute Gasteiger partial charge is 0.400 e. The Hall–Kier alpha value is -0.0600. The van der Waals surface area contributed by atoms with Crippen LogP contribution in [0.2, 0.25) is 0 Å². The van der Waals surface area contributed by atoms with Crippen molar-refractivity contribution in [2.24, 2.45) is 0 Å². The number of hydrogen-bond acceptors (Lipinski definition) is 2. The van der Waals surface area contributed by atoms with E-state index in [1.807, 2.05) is 0 Å². The lowest BCUT2D eigenvalue weighted by Crippen LogP contribution is -2.15. The third-order valence-corrected chi connectivity index (χ3v) is 2.22. The molecule has 74 valence electrons. The summed E-state index contributed by atoms with van der Waals surface area (Å²) in [5, 5.41) is 0. The maximum absolute atomic E-state index is 11.6. The van der Waals surface area contributed by atoms with Gasteiger partial charge in [-0.3, -0.25) is 4.57 Å². The molecule has 1 N–H and O–H groups in total. The van der Waals surface area contributed by atoms with E-state index in [9.17, 15) is 17.7 Å². The fraction of sp³-hybridized carbons (Fsp3) is 1.00. The topological polar surface area (TPSA) is 46.5 Å². The van der Waals surface area contributed by atoms with E-state index in [4.69, 9.17) is 4.89 Å². The van der Waals surface area contributed by atoms with Crippen LogP contribution in [-0.2, 0) is 9.09 Å². The molecule has 0 aliphatic carbocycles. The fourth-order valence-electron chi connectivity index (χ4n) is 0.506. The van der Waals surface area contributed by atoms with Gasteiger partial charge in [-0.1, -0.05) is 6.92 Å². The first-order chi connectivity index (χ1) is 5.27. The lowest BCUT2D eigenvalue weighted by Gasteiger charge is -2.12. The molecule has 1 unspecified atom stereocenters. The Kier molecular flexibility index (Phi) is 4.23. The average molecular weight is 206 g/mol. The van der Waals surface area contributed by atoms with Crippen molar-refractivity contribution in [3.8, 4) is 0 Å². The molecule has 0 saturated carbocycles. The first-order valence-corrected chi connectivity index (χ1v) is 5.06. The molecule has 0 aromatic carbocycles. The van der Waals surface area contributed by atoms with Gasteiger partial charge in [-0.15, -0.1) is 0 Å². The van der Waals surface area contributed by atoms with Gasteiger partial charge in [0.25, 0.3) is 0 Å². The molecule has 0 saturated heterocycles. The van der Waals surface area contributed by atoms with Crippen molar-refractivity contribution in [3.63, 3.8) is 0 Å². The average Bonchev–Trinajstić information content (AvgIpc) is 1.78. The molecule has 0 rings (SSSR count). The first kappa shape index (κ1) is 11.9. The van der Waals surface area contributed by atoms with Gasteiger partial charge < -0.3 is 9.42 Å². The molecular formula is C5H10F3O3P. The van der Waals surface area contributed by atoms with Gasteiger partial charge in [-0.25, -0.2) is 0 Å². The molecule has 0 heterocycles. The highest BCUT2D eigenvalue weighted by atomic mass is 31.2. The van der Waals surface area contributed by atoms with Crippen molar-refractivity contribution in [1.82, 2.24) is 0 Å². The third-order valence-electron chi connectivity index (χ3n) is 0.876. The van der Waals surface area contributed by atoms with Crippen molar-refractivity contribution in [1.29, 1.82) is 0 Å². The second-order valence-corrected chi connectivity index (χ2v) is 4.09. The van der Waals surface area contributed by atoms with Gasteiger partial charge >= 0.3 is 13.8 Å². The van der Waals surface area contributed by atoms with Gasteiger partial charge in [0.1, 0.15) is 6.16 Å². The zero-order chi connectivity index (χ0) is 9.83. The third kappa shape index (κ3) is 6.64. The standard InChI is InChI=1S/C5H10F3O3P/c1-2-3-11-12(9,10)4-5(6,7)8/h2-4H2,1H3,(H,9,10). The Bertz CT molecular complexity index is 179. The van der Waals surface area contributed by atoms with Crippen LogP contribution in [0.1, 0.15) is 13.3 Å². The van der Waals surface area contributed by atoms with Crippen molar-refractivity contribution in [3.05, 3.63) is 0 Å². The van der Waals surface area contributed by atoms with E-state index in [1.165, 1.54) is 0 Å². The quantitative estimate of drug-likeness (QED) is 0.717. The van der Waals surface area contributed by atoms with Crippen LogP contribution in [-0.4, -0.2) is 23.8 Å². The molecule has 0 bridgehead atoms. The zero-order valence-corrected chi connectivity index (χ0v) is 7.36. The van der Waals surface area contributed by atoms with Gasteiger partial charge in [-0.2, -0.15) is 13.2 Å². The smallest absolute Gasteiger partial charge is 0.324 e. The minimum atomic E-state index is -4.65. The van der Waals surface area contributed by atoms with Crippen molar-refractivity contribution in [2.75, 3.05) is 12.8 Å². The van der Waals surface area contributed by atoms with Gasteiger partial charge in [0, 0.05) is 0 Å². The van der Waals surface area contributed by atoms with Crippen LogP contribution in [0.4, 0.5) is 13.2 Å². The SMILES string of the molecule is CCCOP(=O)(O)CC(F)(F)F. The summed E-state index contributed by atoms with van der Waals surface area (Å²) in [6.45, 7) is 1.50. The Labute approximate surface area is 68.1 Å². The van der Waals surface area contributed by atoms with Crippen LogP contribution in [0.5, 0.6) is 0 Å². The summed E-state index contributed by atoms with van der Waals surface area (Å²) < 4.78 is 49.4. The van der Waals surface area contributed by atoms with Gasteiger partial charge in [0.05, 0.1) is 6.61 Å². The summed E-state index contributed by atoms with van der Waals surface area (Å²) in [6, 6.07) is 0. The molecule has 12 heavy (non-hydrogen) atoms. The summed E-state index contributed by atoms with van der Waals surface area (Å²) in [7, 11) is -4.46. The molecule has 7 heteroatoms. The second-order valence-electron chi connectivity index (χ2n) is 2.24. The monoisotopic (exact) mass is 206 g/mol. The Morgan fingerprint density at radius 2 is 2.00 bits per heavy atom. The lowest BCUT2D eigenvalue weighted by molar-refractivity contribution is -0.109. The molecule has 0 fully saturated rings. The zero-order valence-electron chi connectivity index (χ0n) is 6.47. The van der Waals surface area contributed by atoms with E-state index in [2.05, 4.69) is 4.52 Å². The predicted octanol–water partition coefficient (Wildman–Crippen LogP) is 2.16. The predicted molar refractivity (Wildman–Crippen MR) is 37.0 cm³/mol. The van der Waals surface area contributed by atoms with E-state index >= 15 is 0 Å². The Balaban J connectivity index is 3.96. The number of hydrogen-bond donors (Lipinski definition) is 1. The van der Waals surface area contributed by atoms with Crippen LogP contribution in [0.15, 0.2) is 0 Å². The van der Waals surface area contributed by atoms with Gasteiger partial charge in [0.2, 0.25) is 0 Å². The highest BCUT2D eigenvalue weighted by Crippen LogP contribution is 2.46. The van der Waals surface area contributed by atoms with Crippen LogP contribution < -0.4 is 0 Å². The second kappa shape index (κ2) is 4.25. The maximum Gasteiger partial charge on any atom is 0.400 e. The van der Waals surface area contributed by atoms with E-state index in [1.54, 1.807) is 6.92 Å². The molecule has 0 aliphatic rings. The molecule has 0 spiro atoms. The molecular weight excluding hydrogens is 196 g/mol. The Morgan fingerprint density at radius 3 is 2.33 bits per heavy atom. The maximum atomic E-state index is 11.6. The Morgan fingerprint density at radius 1 is 1.50 bits per heavy atom. The normalized spacial score (nSPS) is 17.4. The molecule has 0 radical (unpaired) electrons. The van der Waals surface area contributed by atoms with Crippen LogP contribution in [0.3, 0.4) is 0 Å². The van der Waals surface area contributed by atoms with E-state index in [0.717, 1.165) is 0 Å². The summed E-state index contributed by atoms with van der Waals surface area (Å²) >= 11 is 0. The summed E-state index contributed by atoms with van der Waals surface area (Å²) in [5.41, 5.74) is 0. The van der Waals surface area contributed by atoms with Gasteiger partial charge in [-0.05, 0) is 6.42 Å². The minimum Gasteiger partial charge on any atom is -0.324 e. The first-order valence-electron chi connectivity index (χ1n) is 3.30. The molecule has 3 nitrogen and oxygen atoms in total. The highest BCUT2D eigenvalue weighted by Gasteiger charge is 2.38. The highest BCUT2D eigenvalue weighted by molar-refractivity contribution is 7.52. The molecule has 1 atom stereocenters. The number of alkyl halides is 3. The molecule has 0 amide bonds. The minimum absolute atomic E-state index is 0.135. The molecule has 0 aromatic heterocycles. The van der Waals surface area contributed by atoms with Crippen LogP contribution in [0.25, 0.3) is 0 Å². The van der Waals surface area contributed by atoms with Crippen molar-refractivity contribution >= 4 is 7.60 Å². The van der Waals surface area contributed by atoms with Crippen molar-refractivity contribution < 1.29 is 27.2 Å². The van der Waals surface area contributed by atoms with E-state index in [-0.39, 0.29) is 6.61 Å². The van der Waals surface area contributed by atoms with Crippen LogP contribution in [0, 0.1) is 0 Å². The van der Waals surface area contributed by atoms with E-state index < -0.39 is 19.9 Å². The number of rotatable bonds is 4. The molecule has 0 aromatic rings. The van der Waals surface area contributed by atoms with Crippen LogP contribution >= 0.6 is 7.60 Å². The van der Waals surface area contributed by atoms with Crippen molar-refractivity contribution in [2.45, 2.75) is 19.5 Å². The summed E-state index contributed by atoms with van der Waals surface area (Å²) in [5.74, 6) is 0. The van der Waals surface area contributed by atoms with E-state index in [0.29, 0.717) is 6.42 Å².